The summed E-state index contributed by atoms with van der Waals surface area (Å²) >= 11 is 0. The molecule has 1 aliphatic heterocycles. The first-order chi connectivity index (χ1) is 10.3. The second-order valence-corrected chi connectivity index (χ2v) is 5.76. The summed E-state index contributed by atoms with van der Waals surface area (Å²) in [4.78, 5) is 5.56. The van der Waals surface area contributed by atoms with E-state index in [0.29, 0.717) is 0 Å². The Labute approximate surface area is 126 Å². The minimum absolute atomic E-state index is 0.0141. The number of aromatic nitrogens is 1. The van der Waals surface area contributed by atoms with Gasteiger partial charge in [0.15, 0.2) is 6.29 Å². The van der Waals surface area contributed by atoms with E-state index in [4.69, 9.17) is 9.47 Å². The first kappa shape index (κ1) is 14.6. The van der Waals surface area contributed by atoms with Crippen LogP contribution in [0.15, 0.2) is 30.5 Å². The zero-order chi connectivity index (χ0) is 14.5. The molecule has 0 radical (unpaired) electrons. The molecule has 1 N–H and O–H groups in total. The summed E-state index contributed by atoms with van der Waals surface area (Å²) in [5, 5.41) is 1.31. The second-order valence-electron chi connectivity index (χ2n) is 5.76. The average molecular weight is 288 g/mol. The van der Waals surface area contributed by atoms with Crippen molar-refractivity contribution in [2.45, 2.75) is 32.1 Å². The SMILES string of the molecule is CN(CCOC1CCCCO1)Cc1cccc2[nH]ccc12. The summed E-state index contributed by atoms with van der Waals surface area (Å²) in [6, 6.07) is 8.55. The monoisotopic (exact) mass is 288 g/mol. The normalized spacial score (nSPS) is 19.4. The zero-order valence-electron chi connectivity index (χ0n) is 12.7. The van der Waals surface area contributed by atoms with Gasteiger partial charge in [0.1, 0.15) is 0 Å². The summed E-state index contributed by atoms with van der Waals surface area (Å²) in [6.07, 6.45) is 5.43. The molecule has 1 aliphatic rings. The molecule has 4 heteroatoms. The van der Waals surface area contributed by atoms with E-state index in [1.54, 1.807) is 0 Å². The van der Waals surface area contributed by atoms with Gasteiger partial charge in [-0.05, 0) is 44.0 Å². The Balaban J connectivity index is 1.47. The number of nitrogens with one attached hydrogen (secondary N) is 1. The van der Waals surface area contributed by atoms with Crippen molar-refractivity contribution in [3.8, 4) is 0 Å². The third kappa shape index (κ3) is 3.84. The molecule has 1 aromatic carbocycles. The van der Waals surface area contributed by atoms with Gasteiger partial charge in [-0.1, -0.05) is 12.1 Å². The molecular formula is C17H24N2O2. The van der Waals surface area contributed by atoms with Gasteiger partial charge in [0.05, 0.1) is 6.61 Å². The van der Waals surface area contributed by atoms with Crippen LogP contribution in [0.4, 0.5) is 0 Å². The molecule has 1 atom stereocenters. The summed E-state index contributed by atoms with van der Waals surface area (Å²) in [6.45, 7) is 3.42. The quantitative estimate of drug-likeness (QED) is 0.887. The maximum absolute atomic E-state index is 5.79. The molecule has 3 rings (SSSR count). The molecule has 114 valence electrons. The van der Waals surface area contributed by atoms with Crippen LogP contribution in [-0.2, 0) is 16.0 Å². The highest BCUT2D eigenvalue weighted by Gasteiger charge is 2.14. The van der Waals surface area contributed by atoms with Gasteiger partial charge >= 0.3 is 0 Å². The van der Waals surface area contributed by atoms with Crippen molar-refractivity contribution in [3.05, 3.63) is 36.0 Å². The molecule has 21 heavy (non-hydrogen) atoms. The maximum Gasteiger partial charge on any atom is 0.157 e. The Kier molecular flexibility index (Phi) is 4.91. The van der Waals surface area contributed by atoms with Crippen molar-refractivity contribution in [1.82, 2.24) is 9.88 Å². The number of H-pyrrole nitrogens is 1. The smallest absolute Gasteiger partial charge is 0.157 e. The van der Waals surface area contributed by atoms with Crippen molar-refractivity contribution in [2.24, 2.45) is 0 Å². The minimum atomic E-state index is 0.0141. The molecule has 0 aliphatic carbocycles. The molecule has 1 unspecified atom stereocenters. The molecule has 1 fully saturated rings. The van der Waals surface area contributed by atoms with Gasteiger partial charge in [-0.25, -0.2) is 0 Å². The number of ether oxygens (including phenoxy) is 2. The third-order valence-electron chi connectivity index (χ3n) is 4.04. The van der Waals surface area contributed by atoms with Crippen LogP contribution in [0.2, 0.25) is 0 Å². The molecule has 0 saturated carbocycles. The highest BCUT2D eigenvalue weighted by Crippen LogP contribution is 2.18. The highest BCUT2D eigenvalue weighted by molar-refractivity contribution is 5.82. The average Bonchev–Trinajstić information content (AvgIpc) is 2.98. The van der Waals surface area contributed by atoms with Crippen LogP contribution in [0, 0.1) is 0 Å². The van der Waals surface area contributed by atoms with Crippen molar-refractivity contribution in [3.63, 3.8) is 0 Å². The predicted octanol–water partition coefficient (Wildman–Crippen LogP) is 3.14. The van der Waals surface area contributed by atoms with E-state index < -0.39 is 0 Å². The van der Waals surface area contributed by atoms with Crippen LogP contribution in [0.3, 0.4) is 0 Å². The van der Waals surface area contributed by atoms with Gasteiger partial charge in [0.25, 0.3) is 0 Å². The van der Waals surface area contributed by atoms with Crippen molar-refractivity contribution < 1.29 is 9.47 Å². The van der Waals surface area contributed by atoms with E-state index in [9.17, 15) is 0 Å². The van der Waals surface area contributed by atoms with Gasteiger partial charge < -0.3 is 14.5 Å². The van der Waals surface area contributed by atoms with Gasteiger partial charge in [-0.2, -0.15) is 0 Å². The second kappa shape index (κ2) is 7.07. The maximum atomic E-state index is 5.79. The van der Waals surface area contributed by atoms with E-state index in [1.165, 1.54) is 29.3 Å². The fourth-order valence-electron chi connectivity index (χ4n) is 2.84. The molecule has 0 bridgehead atoms. The Bertz CT molecular complexity index is 561. The van der Waals surface area contributed by atoms with Crippen molar-refractivity contribution in [1.29, 1.82) is 0 Å². The van der Waals surface area contributed by atoms with Crippen LogP contribution in [0.5, 0.6) is 0 Å². The van der Waals surface area contributed by atoms with Crippen LogP contribution in [0.25, 0.3) is 10.9 Å². The molecule has 4 nitrogen and oxygen atoms in total. The summed E-state index contributed by atoms with van der Waals surface area (Å²) < 4.78 is 11.4. The number of rotatable bonds is 6. The van der Waals surface area contributed by atoms with Crippen LogP contribution in [0.1, 0.15) is 24.8 Å². The van der Waals surface area contributed by atoms with Crippen molar-refractivity contribution >= 4 is 10.9 Å². The molecule has 2 heterocycles. The van der Waals surface area contributed by atoms with E-state index >= 15 is 0 Å². The number of hydrogen-bond acceptors (Lipinski definition) is 3. The van der Waals surface area contributed by atoms with Crippen LogP contribution >= 0.6 is 0 Å². The Morgan fingerprint density at radius 3 is 3.14 bits per heavy atom. The molecule has 2 aromatic rings. The van der Waals surface area contributed by atoms with E-state index in [-0.39, 0.29) is 6.29 Å². The molecule has 1 saturated heterocycles. The number of nitrogens with zero attached hydrogens (tertiary/aromatic N) is 1. The lowest BCUT2D eigenvalue weighted by atomic mass is 10.1. The standard InChI is InChI=1S/C17H24N2O2/c1-19(10-12-21-17-7-2-3-11-20-17)13-14-5-4-6-16-15(14)8-9-18-16/h4-6,8-9,17-18H,2-3,7,10-13H2,1H3. The number of aromatic amines is 1. The predicted molar refractivity (Wildman–Crippen MR) is 84.2 cm³/mol. The van der Waals surface area contributed by atoms with E-state index in [2.05, 4.69) is 41.2 Å². The van der Waals surface area contributed by atoms with Gasteiger partial charge in [-0.3, -0.25) is 4.90 Å². The van der Waals surface area contributed by atoms with Gasteiger partial charge in [0.2, 0.25) is 0 Å². The Hall–Kier alpha value is -1.36. The van der Waals surface area contributed by atoms with E-state index in [0.717, 1.165) is 32.7 Å². The molecule has 0 amide bonds. The van der Waals surface area contributed by atoms with Gasteiger partial charge in [-0.15, -0.1) is 0 Å². The molecular weight excluding hydrogens is 264 g/mol. The molecule has 1 aromatic heterocycles. The summed E-state index contributed by atoms with van der Waals surface area (Å²) in [5.74, 6) is 0. The molecule has 0 spiro atoms. The fraction of sp³-hybridized carbons (Fsp3) is 0.529. The van der Waals surface area contributed by atoms with Gasteiger partial charge in [0, 0.05) is 36.8 Å². The Morgan fingerprint density at radius 1 is 1.33 bits per heavy atom. The lowest BCUT2D eigenvalue weighted by molar-refractivity contribution is -0.163. The van der Waals surface area contributed by atoms with E-state index in [1.807, 2.05) is 6.20 Å². The lowest BCUT2D eigenvalue weighted by Gasteiger charge is -2.24. The number of fused-ring (bicyclic) bond motifs is 1. The Morgan fingerprint density at radius 2 is 2.29 bits per heavy atom. The van der Waals surface area contributed by atoms with Crippen LogP contribution < -0.4 is 0 Å². The number of hydrogen-bond donors (Lipinski definition) is 1. The van der Waals surface area contributed by atoms with Crippen LogP contribution in [-0.4, -0.2) is 43.0 Å². The summed E-state index contributed by atoms with van der Waals surface area (Å²) in [5.41, 5.74) is 2.55. The third-order valence-corrected chi connectivity index (χ3v) is 4.04. The minimum Gasteiger partial charge on any atom is -0.361 e. The first-order valence-electron chi connectivity index (χ1n) is 7.79. The number of likely N-dealkylation sites (N-methyl/N-ethyl adjacent to an activating group) is 1. The number of benzene rings is 1. The largest absolute Gasteiger partial charge is 0.361 e. The first-order valence-corrected chi connectivity index (χ1v) is 7.79. The van der Waals surface area contributed by atoms with Crippen molar-refractivity contribution in [2.75, 3.05) is 26.8 Å². The fourth-order valence-corrected chi connectivity index (χ4v) is 2.84. The zero-order valence-corrected chi connectivity index (χ0v) is 12.7. The highest BCUT2D eigenvalue weighted by atomic mass is 16.7. The lowest BCUT2D eigenvalue weighted by Crippen LogP contribution is -2.28. The topological polar surface area (TPSA) is 37.5 Å². The summed E-state index contributed by atoms with van der Waals surface area (Å²) in [7, 11) is 2.14.